The highest BCUT2D eigenvalue weighted by molar-refractivity contribution is 5.95. The number of pyridine rings is 1. The molecule has 162 valence electrons. The standard InChI is InChI=1S/C22H23N3O6/c1-14-5-9-25(15-3-4-16-17(11-15)30-13-29-16)20(27)18(14)19(26)24-8-2-6-22(7-10-24)12-23-21(28)31-22/h3-5,9,11H,2,6-8,10,12-13H2,1H3,(H,23,28). The minimum Gasteiger partial charge on any atom is -0.454 e. The monoisotopic (exact) mass is 425 g/mol. The zero-order valence-corrected chi connectivity index (χ0v) is 17.2. The highest BCUT2D eigenvalue weighted by Crippen LogP contribution is 2.33. The molecule has 2 amide bonds. The summed E-state index contributed by atoms with van der Waals surface area (Å²) in [5.41, 5.74) is 0.432. The van der Waals surface area contributed by atoms with Crippen molar-refractivity contribution in [3.8, 4) is 17.2 Å². The first-order valence-electron chi connectivity index (χ1n) is 10.3. The molecule has 1 aromatic carbocycles. The fourth-order valence-corrected chi connectivity index (χ4v) is 4.43. The average molecular weight is 425 g/mol. The van der Waals surface area contributed by atoms with Gasteiger partial charge in [-0.3, -0.25) is 14.2 Å². The second-order valence-electron chi connectivity index (χ2n) is 8.16. The number of alkyl carbamates (subject to hydrolysis) is 1. The van der Waals surface area contributed by atoms with Crippen molar-refractivity contribution in [2.75, 3.05) is 26.4 Å². The number of benzene rings is 1. The van der Waals surface area contributed by atoms with E-state index in [-0.39, 0.29) is 23.8 Å². The van der Waals surface area contributed by atoms with Crippen LogP contribution in [0.5, 0.6) is 11.5 Å². The lowest BCUT2D eigenvalue weighted by Crippen LogP contribution is -2.39. The Labute approximate surface area is 178 Å². The lowest BCUT2D eigenvalue weighted by atomic mass is 9.95. The van der Waals surface area contributed by atoms with Crippen LogP contribution in [-0.4, -0.2) is 53.5 Å². The third-order valence-corrected chi connectivity index (χ3v) is 6.20. The van der Waals surface area contributed by atoms with Crippen molar-refractivity contribution < 1.29 is 23.8 Å². The fourth-order valence-electron chi connectivity index (χ4n) is 4.43. The molecule has 5 rings (SSSR count). The molecule has 31 heavy (non-hydrogen) atoms. The number of fused-ring (bicyclic) bond motifs is 1. The van der Waals surface area contributed by atoms with Gasteiger partial charge in [0.1, 0.15) is 11.2 Å². The Bertz CT molecular complexity index is 1130. The Morgan fingerprint density at radius 1 is 1.10 bits per heavy atom. The molecule has 3 aliphatic rings. The maximum atomic E-state index is 13.4. The summed E-state index contributed by atoms with van der Waals surface area (Å²) in [5.74, 6) is 0.892. The highest BCUT2D eigenvalue weighted by Gasteiger charge is 2.42. The second kappa shape index (κ2) is 7.33. The normalized spacial score (nSPS) is 22.2. The summed E-state index contributed by atoms with van der Waals surface area (Å²) < 4.78 is 17.7. The molecule has 1 N–H and O–H groups in total. The Morgan fingerprint density at radius 3 is 2.74 bits per heavy atom. The maximum Gasteiger partial charge on any atom is 0.407 e. The van der Waals surface area contributed by atoms with Gasteiger partial charge in [0.2, 0.25) is 6.79 Å². The molecular weight excluding hydrogens is 402 g/mol. The Morgan fingerprint density at radius 2 is 1.94 bits per heavy atom. The number of nitrogens with zero attached hydrogens (tertiary/aromatic N) is 2. The molecule has 0 radical (unpaired) electrons. The van der Waals surface area contributed by atoms with Crippen molar-refractivity contribution in [1.82, 2.24) is 14.8 Å². The first-order valence-corrected chi connectivity index (χ1v) is 10.3. The molecule has 4 heterocycles. The van der Waals surface area contributed by atoms with Gasteiger partial charge in [-0.15, -0.1) is 0 Å². The van der Waals surface area contributed by atoms with E-state index in [0.29, 0.717) is 61.6 Å². The summed E-state index contributed by atoms with van der Waals surface area (Å²) in [6.45, 7) is 3.30. The molecular formula is C22H23N3O6. The summed E-state index contributed by atoms with van der Waals surface area (Å²) in [7, 11) is 0. The predicted octanol–water partition coefficient (Wildman–Crippen LogP) is 1.98. The van der Waals surface area contributed by atoms with Crippen LogP contribution in [-0.2, 0) is 4.74 Å². The summed E-state index contributed by atoms with van der Waals surface area (Å²) >= 11 is 0. The molecule has 2 aromatic rings. The Balaban J connectivity index is 1.43. The highest BCUT2D eigenvalue weighted by atomic mass is 16.7. The summed E-state index contributed by atoms with van der Waals surface area (Å²) in [6, 6.07) is 7.00. The van der Waals surface area contributed by atoms with E-state index in [2.05, 4.69) is 5.32 Å². The van der Waals surface area contributed by atoms with E-state index in [1.165, 1.54) is 4.57 Å². The molecule has 9 nitrogen and oxygen atoms in total. The average Bonchev–Trinajstić information content (AvgIpc) is 3.30. The van der Waals surface area contributed by atoms with Gasteiger partial charge in [-0.05, 0) is 43.5 Å². The van der Waals surface area contributed by atoms with E-state index in [1.54, 1.807) is 42.3 Å². The van der Waals surface area contributed by atoms with E-state index in [4.69, 9.17) is 14.2 Å². The van der Waals surface area contributed by atoms with Crippen molar-refractivity contribution in [3.05, 3.63) is 51.9 Å². The van der Waals surface area contributed by atoms with Gasteiger partial charge in [0.05, 0.1) is 12.2 Å². The molecule has 9 heteroatoms. The van der Waals surface area contributed by atoms with Crippen LogP contribution < -0.4 is 20.3 Å². The number of carbonyl (C=O) groups is 2. The summed E-state index contributed by atoms with van der Waals surface area (Å²) in [6.07, 6.45) is 3.17. The van der Waals surface area contributed by atoms with Gasteiger partial charge in [0, 0.05) is 31.8 Å². The largest absolute Gasteiger partial charge is 0.454 e. The molecule has 2 saturated heterocycles. The van der Waals surface area contributed by atoms with Crippen LogP contribution >= 0.6 is 0 Å². The van der Waals surface area contributed by atoms with Crippen molar-refractivity contribution in [1.29, 1.82) is 0 Å². The molecule has 0 aliphatic carbocycles. The minimum absolute atomic E-state index is 0.145. The van der Waals surface area contributed by atoms with E-state index < -0.39 is 11.7 Å². The Kier molecular flexibility index (Phi) is 4.60. The molecule has 1 aromatic heterocycles. The molecule has 1 unspecified atom stereocenters. The van der Waals surface area contributed by atoms with Gasteiger partial charge < -0.3 is 24.4 Å². The second-order valence-corrected chi connectivity index (χ2v) is 8.16. The van der Waals surface area contributed by atoms with E-state index in [1.807, 2.05) is 0 Å². The molecule has 0 bridgehead atoms. The summed E-state index contributed by atoms with van der Waals surface area (Å²) in [4.78, 5) is 39.9. The van der Waals surface area contributed by atoms with Crippen LogP contribution in [0.2, 0.25) is 0 Å². The quantitative estimate of drug-likeness (QED) is 0.790. The fraction of sp³-hybridized carbons (Fsp3) is 0.409. The lowest BCUT2D eigenvalue weighted by molar-refractivity contribution is 0.0438. The number of hydrogen-bond acceptors (Lipinski definition) is 6. The molecule has 3 aliphatic heterocycles. The third kappa shape index (κ3) is 3.39. The van der Waals surface area contributed by atoms with E-state index in [9.17, 15) is 14.4 Å². The van der Waals surface area contributed by atoms with Gasteiger partial charge in [-0.1, -0.05) is 0 Å². The topological polar surface area (TPSA) is 99.1 Å². The maximum absolute atomic E-state index is 13.4. The van der Waals surface area contributed by atoms with Crippen molar-refractivity contribution in [3.63, 3.8) is 0 Å². The van der Waals surface area contributed by atoms with E-state index in [0.717, 1.165) is 0 Å². The number of nitrogens with one attached hydrogen (secondary N) is 1. The minimum atomic E-state index is -0.565. The Hall–Kier alpha value is -3.49. The number of aryl methyl sites for hydroxylation is 1. The van der Waals surface area contributed by atoms with Crippen LogP contribution in [0, 0.1) is 6.92 Å². The van der Waals surface area contributed by atoms with Crippen LogP contribution in [0.1, 0.15) is 35.2 Å². The van der Waals surface area contributed by atoms with Gasteiger partial charge in [-0.2, -0.15) is 0 Å². The number of ether oxygens (including phenoxy) is 3. The lowest BCUT2D eigenvalue weighted by Gasteiger charge is -2.25. The first-order chi connectivity index (χ1) is 15.0. The number of rotatable bonds is 2. The number of likely N-dealkylation sites (tertiary alicyclic amines) is 1. The van der Waals surface area contributed by atoms with Crippen molar-refractivity contribution in [2.45, 2.75) is 31.8 Å². The van der Waals surface area contributed by atoms with Crippen LogP contribution in [0.3, 0.4) is 0 Å². The molecule has 0 saturated carbocycles. The predicted molar refractivity (Wildman–Crippen MR) is 110 cm³/mol. The number of carbonyl (C=O) groups excluding carboxylic acids is 2. The van der Waals surface area contributed by atoms with Crippen LogP contribution in [0.4, 0.5) is 4.79 Å². The van der Waals surface area contributed by atoms with Gasteiger partial charge in [-0.25, -0.2) is 4.79 Å². The molecule has 2 fully saturated rings. The van der Waals surface area contributed by atoms with Crippen LogP contribution in [0.25, 0.3) is 5.69 Å². The molecule has 1 atom stereocenters. The van der Waals surface area contributed by atoms with Crippen molar-refractivity contribution >= 4 is 12.0 Å². The van der Waals surface area contributed by atoms with Crippen LogP contribution in [0.15, 0.2) is 35.3 Å². The first kappa shape index (κ1) is 19.5. The smallest absolute Gasteiger partial charge is 0.407 e. The van der Waals surface area contributed by atoms with Gasteiger partial charge in [0.25, 0.3) is 11.5 Å². The number of aromatic nitrogens is 1. The van der Waals surface area contributed by atoms with Gasteiger partial charge >= 0.3 is 6.09 Å². The zero-order chi connectivity index (χ0) is 21.6. The SMILES string of the molecule is Cc1ccn(-c2ccc3c(c2)OCO3)c(=O)c1C(=O)N1CCCC2(CC1)CNC(=O)O2. The van der Waals surface area contributed by atoms with Gasteiger partial charge in [0.15, 0.2) is 11.5 Å². The number of hydrogen-bond donors (Lipinski definition) is 1. The third-order valence-electron chi connectivity index (χ3n) is 6.20. The van der Waals surface area contributed by atoms with E-state index >= 15 is 0 Å². The molecule has 1 spiro atoms. The number of amides is 2. The van der Waals surface area contributed by atoms with Crippen molar-refractivity contribution in [2.24, 2.45) is 0 Å². The zero-order valence-electron chi connectivity index (χ0n) is 17.2. The summed E-state index contributed by atoms with van der Waals surface area (Å²) in [5, 5.41) is 2.71.